The van der Waals surface area contributed by atoms with Gasteiger partial charge < -0.3 is 19.5 Å². The molecule has 0 radical (unpaired) electrons. The van der Waals surface area contributed by atoms with Crippen LogP contribution in [0.25, 0.3) is 0 Å². The highest BCUT2D eigenvalue weighted by Crippen LogP contribution is 2.31. The minimum atomic E-state index is -0.599. The van der Waals surface area contributed by atoms with Gasteiger partial charge in [-0.3, -0.25) is 14.4 Å². The molecule has 0 aliphatic carbocycles. The lowest BCUT2D eigenvalue weighted by Crippen LogP contribution is -2.29. The van der Waals surface area contributed by atoms with Crippen molar-refractivity contribution in [1.29, 1.82) is 0 Å². The second-order valence-electron chi connectivity index (χ2n) is 6.62. The van der Waals surface area contributed by atoms with Crippen LogP contribution in [0.1, 0.15) is 23.3 Å². The number of rotatable bonds is 5. The molecule has 1 aliphatic rings. The standard InChI is InChI=1S/C19H21N3O5/c1-11-5-4-6-12(2)18(11)22-9-14(8-17(22)24)19(25)26-10-16(23)20-15-7-13(3)27-21-15/h4-7,14H,8-10H2,1-3H3,(H,20,21,23)/t14-/m1/s1. The van der Waals surface area contributed by atoms with E-state index in [-0.39, 0.29) is 24.7 Å². The Morgan fingerprint density at radius 1 is 1.30 bits per heavy atom. The first kappa shape index (κ1) is 18.6. The maximum absolute atomic E-state index is 12.4. The van der Waals surface area contributed by atoms with E-state index in [1.807, 2.05) is 32.0 Å². The number of carbonyl (C=O) groups is 3. The quantitative estimate of drug-likeness (QED) is 0.808. The molecule has 1 saturated heterocycles. The van der Waals surface area contributed by atoms with E-state index in [1.54, 1.807) is 17.9 Å². The van der Waals surface area contributed by atoms with E-state index in [4.69, 9.17) is 9.26 Å². The first-order valence-electron chi connectivity index (χ1n) is 8.61. The Morgan fingerprint density at radius 2 is 2.00 bits per heavy atom. The van der Waals surface area contributed by atoms with Gasteiger partial charge in [0, 0.05) is 24.7 Å². The molecule has 1 aliphatic heterocycles. The lowest BCUT2D eigenvalue weighted by Gasteiger charge is -2.21. The van der Waals surface area contributed by atoms with E-state index in [0.717, 1.165) is 16.8 Å². The lowest BCUT2D eigenvalue weighted by molar-refractivity contribution is -0.151. The van der Waals surface area contributed by atoms with Crippen LogP contribution in [0.15, 0.2) is 28.8 Å². The van der Waals surface area contributed by atoms with Gasteiger partial charge in [-0.2, -0.15) is 0 Å². The van der Waals surface area contributed by atoms with Gasteiger partial charge in [0.1, 0.15) is 5.76 Å². The van der Waals surface area contributed by atoms with Gasteiger partial charge in [0.15, 0.2) is 12.4 Å². The Bertz CT molecular complexity index is 869. The van der Waals surface area contributed by atoms with Crippen LogP contribution in [-0.4, -0.2) is 36.1 Å². The number of carbonyl (C=O) groups excluding carboxylic acids is 3. The normalized spacial score (nSPS) is 16.5. The molecular weight excluding hydrogens is 350 g/mol. The van der Waals surface area contributed by atoms with Crippen molar-refractivity contribution in [3.63, 3.8) is 0 Å². The van der Waals surface area contributed by atoms with E-state index in [0.29, 0.717) is 5.76 Å². The van der Waals surface area contributed by atoms with Crippen LogP contribution in [0.4, 0.5) is 11.5 Å². The Labute approximate surface area is 156 Å². The number of aromatic nitrogens is 1. The summed E-state index contributed by atoms with van der Waals surface area (Å²) in [4.78, 5) is 38.1. The molecular formula is C19H21N3O5. The Balaban J connectivity index is 1.57. The van der Waals surface area contributed by atoms with Crippen molar-refractivity contribution in [3.05, 3.63) is 41.2 Å². The van der Waals surface area contributed by atoms with Crippen LogP contribution < -0.4 is 10.2 Å². The number of para-hydroxylation sites is 1. The number of esters is 1. The Kier molecular flexibility index (Phi) is 5.25. The van der Waals surface area contributed by atoms with Gasteiger partial charge >= 0.3 is 5.97 Å². The predicted octanol–water partition coefficient (Wildman–Crippen LogP) is 2.13. The highest BCUT2D eigenvalue weighted by atomic mass is 16.5. The van der Waals surface area contributed by atoms with E-state index >= 15 is 0 Å². The van der Waals surface area contributed by atoms with Gasteiger partial charge in [-0.15, -0.1) is 0 Å². The van der Waals surface area contributed by atoms with Crippen LogP contribution in [0.5, 0.6) is 0 Å². The molecule has 1 N–H and O–H groups in total. The molecule has 8 heteroatoms. The summed E-state index contributed by atoms with van der Waals surface area (Å²) in [6.45, 7) is 5.35. The Morgan fingerprint density at radius 3 is 2.63 bits per heavy atom. The van der Waals surface area contributed by atoms with Gasteiger partial charge in [0.25, 0.3) is 5.91 Å². The third-order valence-electron chi connectivity index (χ3n) is 4.41. The molecule has 27 heavy (non-hydrogen) atoms. The van der Waals surface area contributed by atoms with Crippen LogP contribution in [0.2, 0.25) is 0 Å². The average molecular weight is 371 g/mol. The maximum Gasteiger partial charge on any atom is 0.311 e. The molecule has 142 valence electrons. The third kappa shape index (κ3) is 4.16. The molecule has 0 saturated carbocycles. The number of amides is 2. The third-order valence-corrected chi connectivity index (χ3v) is 4.41. The van der Waals surface area contributed by atoms with Crippen LogP contribution in [-0.2, 0) is 19.1 Å². The van der Waals surface area contributed by atoms with Gasteiger partial charge in [-0.1, -0.05) is 23.4 Å². The van der Waals surface area contributed by atoms with E-state index in [1.165, 1.54) is 0 Å². The number of aryl methyl sites for hydroxylation is 3. The van der Waals surface area contributed by atoms with Gasteiger partial charge in [0.2, 0.25) is 5.91 Å². The number of nitrogens with one attached hydrogen (secondary N) is 1. The average Bonchev–Trinajstić information content (AvgIpc) is 3.19. The second-order valence-corrected chi connectivity index (χ2v) is 6.62. The highest BCUT2D eigenvalue weighted by molar-refractivity contribution is 6.01. The minimum absolute atomic E-state index is 0.0662. The second kappa shape index (κ2) is 7.61. The van der Waals surface area contributed by atoms with Crippen LogP contribution in [0, 0.1) is 26.7 Å². The molecule has 1 aromatic heterocycles. The fourth-order valence-corrected chi connectivity index (χ4v) is 3.17. The number of hydrogen-bond donors (Lipinski definition) is 1. The van der Waals surface area contributed by atoms with Crippen molar-refractivity contribution in [2.45, 2.75) is 27.2 Å². The fourth-order valence-electron chi connectivity index (χ4n) is 3.17. The van der Waals surface area contributed by atoms with Gasteiger partial charge in [0.05, 0.1) is 5.92 Å². The predicted molar refractivity (Wildman–Crippen MR) is 97.2 cm³/mol. The number of hydrogen-bond acceptors (Lipinski definition) is 6. The first-order valence-corrected chi connectivity index (χ1v) is 8.61. The van der Waals surface area contributed by atoms with Crippen molar-refractivity contribution in [2.75, 3.05) is 23.4 Å². The molecule has 0 unspecified atom stereocenters. The summed E-state index contributed by atoms with van der Waals surface area (Å²) in [5, 5.41) is 6.10. The monoisotopic (exact) mass is 371 g/mol. The molecule has 3 rings (SSSR count). The first-order chi connectivity index (χ1) is 12.8. The SMILES string of the molecule is Cc1cc(NC(=O)COC(=O)[C@@H]2CC(=O)N(c3c(C)cccc3C)C2)no1. The van der Waals surface area contributed by atoms with Crippen molar-refractivity contribution in [1.82, 2.24) is 5.16 Å². The summed E-state index contributed by atoms with van der Waals surface area (Å²) < 4.78 is 9.91. The van der Waals surface area contributed by atoms with Crippen molar-refractivity contribution in [3.8, 4) is 0 Å². The molecule has 0 bridgehead atoms. The van der Waals surface area contributed by atoms with E-state index < -0.39 is 24.4 Å². The van der Waals surface area contributed by atoms with E-state index in [9.17, 15) is 14.4 Å². The van der Waals surface area contributed by atoms with E-state index in [2.05, 4.69) is 10.5 Å². The molecule has 1 aromatic carbocycles. The maximum atomic E-state index is 12.4. The molecule has 1 atom stereocenters. The largest absolute Gasteiger partial charge is 0.455 e. The van der Waals surface area contributed by atoms with Gasteiger partial charge in [-0.05, 0) is 31.9 Å². The zero-order chi connectivity index (χ0) is 19.6. The highest BCUT2D eigenvalue weighted by Gasteiger charge is 2.37. The van der Waals surface area contributed by atoms with Crippen LogP contribution in [0.3, 0.4) is 0 Å². The fraction of sp³-hybridized carbons (Fsp3) is 0.368. The topological polar surface area (TPSA) is 102 Å². The summed E-state index contributed by atoms with van der Waals surface area (Å²) in [6, 6.07) is 7.33. The summed E-state index contributed by atoms with van der Waals surface area (Å²) in [5.74, 6) is -1.00. The Hall–Kier alpha value is -3.16. The summed E-state index contributed by atoms with van der Waals surface area (Å²) >= 11 is 0. The summed E-state index contributed by atoms with van der Waals surface area (Å²) in [6.07, 6.45) is 0.0662. The number of benzene rings is 1. The van der Waals surface area contributed by atoms with Crippen molar-refractivity contribution in [2.24, 2.45) is 5.92 Å². The molecule has 0 spiro atoms. The molecule has 2 aromatic rings. The molecule has 1 fully saturated rings. The zero-order valence-corrected chi connectivity index (χ0v) is 15.4. The van der Waals surface area contributed by atoms with Gasteiger partial charge in [-0.25, -0.2) is 0 Å². The summed E-state index contributed by atoms with van der Waals surface area (Å²) in [5.41, 5.74) is 2.77. The zero-order valence-electron chi connectivity index (χ0n) is 15.4. The minimum Gasteiger partial charge on any atom is -0.455 e. The lowest BCUT2D eigenvalue weighted by atomic mass is 10.1. The number of anilines is 2. The smallest absolute Gasteiger partial charge is 0.311 e. The molecule has 8 nitrogen and oxygen atoms in total. The van der Waals surface area contributed by atoms with Crippen molar-refractivity contribution >= 4 is 29.3 Å². The van der Waals surface area contributed by atoms with Crippen LogP contribution >= 0.6 is 0 Å². The number of nitrogens with zero attached hydrogens (tertiary/aromatic N) is 2. The molecule has 2 heterocycles. The van der Waals surface area contributed by atoms with Crippen molar-refractivity contribution < 1.29 is 23.6 Å². The summed E-state index contributed by atoms with van der Waals surface area (Å²) in [7, 11) is 0. The number of ether oxygens (including phenoxy) is 1. The molecule has 2 amide bonds.